The molecule has 1 aliphatic rings. The number of barbiturate groups is 1. The lowest BCUT2D eigenvalue weighted by molar-refractivity contribution is -0.124. The van der Waals surface area contributed by atoms with Crippen LogP contribution >= 0.6 is 11.6 Å². The van der Waals surface area contributed by atoms with Gasteiger partial charge >= 0.3 is 6.03 Å². The van der Waals surface area contributed by atoms with Crippen molar-refractivity contribution in [1.29, 1.82) is 0 Å². The predicted molar refractivity (Wildman–Crippen MR) is 102 cm³/mol. The fraction of sp³-hybridized carbons (Fsp3) is 0.0526. The summed E-state index contributed by atoms with van der Waals surface area (Å²) in [6.45, 7) is -0.415. The predicted octanol–water partition coefficient (Wildman–Crippen LogP) is 2.25. The molecule has 10 heteroatoms. The van der Waals surface area contributed by atoms with Crippen molar-refractivity contribution in [2.45, 2.75) is 0 Å². The van der Waals surface area contributed by atoms with Crippen molar-refractivity contribution in [3.05, 3.63) is 64.4 Å². The SMILES string of the molecule is O=C(COc1ccc(C=C2C(=O)NC(=O)NC2=O)cc1Cl)Nc1ccccc1F. The summed E-state index contributed by atoms with van der Waals surface area (Å²) in [4.78, 5) is 46.4. The number of carbonyl (C=O) groups excluding carboxylic acids is 4. The molecule has 0 unspecified atom stereocenters. The topological polar surface area (TPSA) is 114 Å². The van der Waals surface area contributed by atoms with Gasteiger partial charge in [0.15, 0.2) is 6.61 Å². The fourth-order valence-corrected chi connectivity index (χ4v) is 2.63. The third-order valence-corrected chi connectivity index (χ3v) is 4.01. The van der Waals surface area contributed by atoms with Crippen LogP contribution in [0.25, 0.3) is 6.08 Å². The van der Waals surface area contributed by atoms with Crippen molar-refractivity contribution >= 4 is 47.1 Å². The minimum atomic E-state index is -0.896. The Morgan fingerprint density at radius 3 is 2.45 bits per heavy atom. The maximum absolute atomic E-state index is 13.5. The number of rotatable bonds is 5. The molecular weight excluding hydrogens is 405 g/mol. The van der Waals surface area contributed by atoms with Gasteiger partial charge in [-0.1, -0.05) is 29.8 Å². The highest BCUT2D eigenvalue weighted by Crippen LogP contribution is 2.26. The first-order valence-electron chi connectivity index (χ1n) is 8.18. The summed E-state index contributed by atoms with van der Waals surface area (Å²) in [6.07, 6.45) is 1.25. The molecule has 0 aliphatic carbocycles. The molecule has 0 saturated carbocycles. The van der Waals surface area contributed by atoms with Gasteiger partial charge in [-0.25, -0.2) is 9.18 Å². The van der Waals surface area contributed by atoms with Crippen LogP contribution in [0, 0.1) is 5.82 Å². The summed E-state index contributed by atoms with van der Waals surface area (Å²) < 4.78 is 18.9. The summed E-state index contributed by atoms with van der Waals surface area (Å²) >= 11 is 6.11. The number of carbonyl (C=O) groups is 4. The lowest BCUT2D eigenvalue weighted by Crippen LogP contribution is -2.51. The van der Waals surface area contributed by atoms with Crippen LogP contribution in [-0.4, -0.2) is 30.4 Å². The van der Waals surface area contributed by atoms with Crippen LogP contribution in [0.15, 0.2) is 48.0 Å². The number of para-hydroxylation sites is 1. The monoisotopic (exact) mass is 417 g/mol. The van der Waals surface area contributed by atoms with E-state index in [1.165, 1.54) is 42.5 Å². The molecule has 0 atom stereocenters. The van der Waals surface area contributed by atoms with Gasteiger partial charge in [0.25, 0.3) is 17.7 Å². The van der Waals surface area contributed by atoms with E-state index in [2.05, 4.69) is 5.32 Å². The molecule has 0 radical (unpaired) electrons. The molecule has 3 rings (SSSR count). The molecule has 1 fully saturated rings. The van der Waals surface area contributed by atoms with E-state index in [4.69, 9.17) is 16.3 Å². The zero-order valence-electron chi connectivity index (χ0n) is 14.6. The summed E-state index contributed by atoms with van der Waals surface area (Å²) in [6, 6.07) is 9.15. The fourth-order valence-electron chi connectivity index (χ4n) is 2.39. The standard InChI is InChI=1S/C19H13ClFN3O5/c20-12-8-10(7-11-17(26)23-19(28)24-18(11)27)5-6-15(12)29-9-16(25)22-14-4-2-1-3-13(14)21/h1-8H,9H2,(H,22,25)(H2,23,24,26,27,28). The van der Waals surface area contributed by atoms with Crippen LogP contribution in [0.2, 0.25) is 5.02 Å². The van der Waals surface area contributed by atoms with Crippen molar-refractivity contribution in [3.8, 4) is 5.75 Å². The first-order chi connectivity index (χ1) is 13.8. The van der Waals surface area contributed by atoms with E-state index < -0.39 is 36.2 Å². The zero-order valence-corrected chi connectivity index (χ0v) is 15.4. The maximum atomic E-state index is 13.5. The molecule has 8 nitrogen and oxygen atoms in total. The van der Waals surface area contributed by atoms with E-state index in [9.17, 15) is 23.6 Å². The van der Waals surface area contributed by atoms with Gasteiger partial charge in [-0.15, -0.1) is 0 Å². The summed E-state index contributed by atoms with van der Waals surface area (Å²) in [5.74, 6) is -2.66. The number of imide groups is 2. The largest absolute Gasteiger partial charge is 0.482 e. The van der Waals surface area contributed by atoms with Crippen molar-refractivity contribution in [3.63, 3.8) is 0 Å². The van der Waals surface area contributed by atoms with Crippen LogP contribution in [-0.2, 0) is 14.4 Å². The number of anilines is 1. The Balaban J connectivity index is 1.65. The first kappa shape index (κ1) is 20.0. The lowest BCUT2D eigenvalue weighted by Gasteiger charge is -2.14. The second-order valence-corrected chi connectivity index (χ2v) is 6.21. The van der Waals surface area contributed by atoms with E-state index in [0.29, 0.717) is 5.56 Å². The van der Waals surface area contributed by atoms with Gasteiger partial charge in [0.1, 0.15) is 17.1 Å². The Bertz CT molecular complexity index is 1030. The van der Waals surface area contributed by atoms with Crippen LogP contribution in [0.4, 0.5) is 14.9 Å². The van der Waals surface area contributed by atoms with E-state index in [1.54, 1.807) is 6.07 Å². The van der Waals surface area contributed by atoms with Gasteiger partial charge in [-0.2, -0.15) is 0 Å². The van der Waals surface area contributed by atoms with Gasteiger partial charge in [0.2, 0.25) is 0 Å². The Labute approximate surface area is 168 Å². The third kappa shape index (κ3) is 4.96. The van der Waals surface area contributed by atoms with Crippen LogP contribution in [0.1, 0.15) is 5.56 Å². The Morgan fingerprint density at radius 1 is 1.10 bits per heavy atom. The molecule has 2 aromatic carbocycles. The quantitative estimate of drug-likeness (QED) is 0.510. The molecule has 0 aromatic heterocycles. The van der Waals surface area contributed by atoms with Gasteiger partial charge < -0.3 is 10.1 Å². The Morgan fingerprint density at radius 2 is 1.79 bits per heavy atom. The molecule has 2 aromatic rings. The van der Waals surface area contributed by atoms with E-state index in [1.807, 2.05) is 10.6 Å². The minimum absolute atomic E-state index is 0.0247. The summed E-state index contributed by atoms with van der Waals surface area (Å²) in [5, 5.41) is 6.40. The number of urea groups is 1. The molecule has 0 spiro atoms. The number of amides is 5. The lowest BCUT2D eigenvalue weighted by atomic mass is 10.1. The van der Waals surface area contributed by atoms with Gasteiger partial charge in [0.05, 0.1) is 10.7 Å². The molecule has 0 bridgehead atoms. The van der Waals surface area contributed by atoms with Crippen LogP contribution in [0.3, 0.4) is 0 Å². The first-order valence-corrected chi connectivity index (χ1v) is 8.56. The Kier molecular flexibility index (Phi) is 5.89. The van der Waals surface area contributed by atoms with Crippen molar-refractivity contribution < 1.29 is 28.3 Å². The molecule has 1 heterocycles. The Hall–Kier alpha value is -3.72. The number of ether oxygens (including phenoxy) is 1. The molecule has 5 amide bonds. The van der Waals surface area contributed by atoms with Gasteiger partial charge in [-0.3, -0.25) is 25.0 Å². The molecular formula is C19H13ClFN3O5. The van der Waals surface area contributed by atoms with Gasteiger partial charge in [0, 0.05) is 0 Å². The van der Waals surface area contributed by atoms with Crippen molar-refractivity contribution in [2.24, 2.45) is 0 Å². The van der Waals surface area contributed by atoms with Crippen molar-refractivity contribution in [2.75, 3.05) is 11.9 Å². The smallest absolute Gasteiger partial charge is 0.328 e. The molecule has 148 valence electrons. The average molecular weight is 418 g/mol. The van der Waals surface area contributed by atoms with Crippen LogP contribution < -0.4 is 20.7 Å². The van der Waals surface area contributed by atoms with Crippen molar-refractivity contribution in [1.82, 2.24) is 10.6 Å². The van der Waals surface area contributed by atoms with E-state index in [0.717, 1.165) is 0 Å². The number of benzene rings is 2. The average Bonchev–Trinajstić information content (AvgIpc) is 2.66. The number of halogens is 2. The van der Waals surface area contributed by atoms with E-state index >= 15 is 0 Å². The highest BCUT2D eigenvalue weighted by Gasteiger charge is 2.27. The minimum Gasteiger partial charge on any atom is -0.482 e. The highest BCUT2D eigenvalue weighted by atomic mass is 35.5. The molecule has 1 saturated heterocycles. The highest BCUT2D eigenvalue weighted by molar-refractivity contribution is 6.33. The molecule has 29 heavy (non-hydrogen) atoms. The number of hydrogen-bond donors (Lipinski definition) is 3. The van der Waals surface area contributed by atoms with Crippen LogP contribution in [0.5, 0.6) is 5.75 Å². The molecule has 1 aliphatic heterocycles. The summed E-state index contributed by atoms with van der Waals surface area (Å²) in [5.41, 5.74) is 0.156. The third-order valence-electron chi connectivity index (χ3n) is 3.72. The number of hydrogen-bond acceptors (Lipinski definition) is 5. The maximum Gasteiger partial charge on any atom is 0.328 e. The normalized spacial score (nSPS) is 13.4. The van der Waals surface area contributed by atoms with Gasteiger partial charge in [-0.05, 0) is 35.9 Å². The zero-order chi connectivity index (χ0) is 21.0. The second kappa shape index (κ2) is 8.53. The second-order valence-electron chi connectivity index (χ2n) is 5.80. The summed E-state index contributed by atoms with van der Waals surface area (Å²) in [7, 11) is 0. The molecule has 3 N–H and O–H groups in total. The van der Waals surface area contributed by atoms with E-state index in [-0.39, 0.29) is 22.0 Å². The number of nitrogens with one attached hydrogen (secondary N) is 3.